The van der Waals surface area contributed by atoms with Crippen molar-refractivity contribution in [3.8, 4) is 0 Å². The van der Waals surface area contributed by atoms with E-state index in [1.807, 2.05) is 13.8 Å². The van der Waals surface area contributed by atoms with Gasteiger partial charge in [-0.05, 0) is 33.6 Å². The topological polar surface area (TPSA) is 62.5 Å². The van der Waals surface area contributed by atoms with E-state index in [1.54, 1.807) is 0 Å². The highest BCUT2D eigenvalue weighted by Gasteiger charge is 2.12. The van der Waals surface area contributed by atoms with Crippen LogP contribution >= 0.6 is 24.0 Å². The largest absolute Gasteiger partial charge is 0.444 e. The number of aryl methyl sites for hydroxylation is 2. The predicted octanol–water partition coefficient (Wildman–Crippen LogP) is 2.68. The molecule has 1 aliphatic rings. The Morgan fingerprint density at radius 2 is 2.10 bits per heavy atom. The van der Waals surface area contributed by atoms with E-state index >= 15 is 0 Å². The number of nitrogens with one attached hydrogen (secondary N) is 2. The highest BCUT2D eigenvalue weighted by molar-refractivity contribution is 14.0. The molecule has 5 nitrogen and oxygen atoms in total. The fourth-order valence-corrected chi connectivity index (χ4v) is 2.00. The summed E-state index contributed by atoms with van der Waals surface area (Å²) in [6.07, 6.45) is 6.51. The third kappa shape index (κ3) is 4.81. The summed E-state index contributed by atoms with van der Waals surface area (Å²) in [6, 6.07) is 0.450. The number of aromatic nitrogens is 1. The second-order valence-corrected chi connectivity index (χ2v) is 4.73. The number of guanidine groups is 1. The van der Waals surface area contributed by atoms with Crippen molar-refractivity contribution in [2.75, 3.05) is 6.54 Å². The summed E-state index contributed by atoms with van der Waals surface area (Å²) in [7, 11) is 0. The molecule has 0 atom stereocenters. The first kappa shape index (κ1) is 17.0. The average molecular weight is 390 g/mol. The Hall–Kier alpha value is -1.05. The fourth-order valence-electron chi connectivity index (χ4n) is 2.00. The highest BCUT2D eigenvalue weighted by Crippen LogP contribution is 2.10. The maximum Gasteiger partial charge on any atom is 0.216 e. The number of rotatable bonds is 4. The molecule has 6 heteroatoms. The molecule has 2 N–H and O–H groups in total. The second kappa shape index (κ2) is 8.28. The number of halogens is 1. The van der Waals surface area contributed by atoms with Crippen molar-refractivity contribution in [2.45, 2.75) is 46.2 Å². The van der Waals surface area contributed by atoms with Gasteiger partial charge in [0.15, 0.2) is 5.96 Å². The monoisotopic (exact) mass is 390 g/mol. The predicted molar refractivity (Wildman–Crippen MR) is 91.5 cm³/mol. The molecule has 0 saturated heterocycles. The van der Waals surface area contributed by atoms with Gasteiger partial charge in [-0.15, -0.1) is 24.0 Å². The highest BCUT2D eigenvalue weighted by atomic mass is 127. The van der Waals surface area contributed by atoms with Crippen molar-refractivity contribution in [1.82, 2.24) is 15.6 Å². The SMILES string of the molecule is CCNC(=NCc1nc(C)c(C)o1)NC1CC=CC1.I. The zero-order chi connectivity index (χ0) is 13.7. The van der Waals surface area contributed by atoms with E-state index < -0.39 is 0 Å². The van der Waals surface area contributed by atoms with E-state index in [0.717, 1.165) is 36.8 Å². The lowest BCUT2D eigenvalue weighted by Gasteiger charge is -2.16. The summed E-state index contributed by atoms with van der Waals surface area (Å²) in [6.45, 7) is 7.23. The zero-order valence-electron chi connectivity index (χ0n) is 12.3. The number of oxazole rings is 1. The van der Waals surface area contributed by atoms with Crippen LogP contribution in [-0.4, -0.2) is 23.5 Å². The quantitative estimate of drug-likeness (QED) is 0.359. The smallest absolute Gasteiger partial charge is 0.216 e. The molecule has 0 aliphatic heterocycles. The van der Waals surface area contributed by atoms with Crippen LogP contribution in [0.3, 0.4) is 0 Å². The molecule has 1 heterocycles. The van der Waals surface area contributed by atoms with Crippen molar-refractivity contribution >= 4 is 29.9 Å². The van der Waals surface area contributed by atoms with Gasteiger partial charge in [0, 0.05) is 12.6 Å². The average Bonchev–Trinajstić information content (AvgIpc) is 2.98. The molecule has 0 radical (unpaired) electrons. The van der Waals surface area contributed by atoms with Crippen LogP contribution in [0, 0.1) is 13.8 Å². The van der Waals surface area contributed by atoms with Gasteiger partial charge in [-0.25, -0.2) is 9.98 Å². The third-order valence-electron chi connectivity index (χ3n) is 3.14. The van der Waals surface area contributed by atoms with Gasteiger partial charge < -0.3 is 15.1 Å². The Kier molecular flexibility index (Phi) is 7.04. The molecular formula is C14H23IN4O. The molecule has 1 aromatic rings. The van der Waals surface area contributed by atoms with Crippen molar-refractivity contribution in [2.24, 2.45) is 4.99 Å². The van der Waals surface area contributed by atoms with Gasteiger partial charge >= 0.3 is 0 Å². The molecule has 1 aromatic heterocycles. The van der Waals surface area contributed by atoms with Crippen molar-refractivity contribution in [1.29, 1.82) is 0 Å². The normalized spacial score (nSPS) is 15.2. The molecule has 0 fully saturated rings. The van der Waals surface area contributed by atoms with E-state index in [2.05, 4.69) is 39.7 Å². The molecule has 0 bridgehead atoms. The Morgan fingerprint density at radius 1 is 1.40 bits per heavy atom. The minimum atomic E-state index is 0. The van der Waals surface area contributed by atoms with Gasteiger partial charge in [0.2, 0.25) is 5.89 Å². The van der Waals surface area contributed by atoms with Gasteiger partial charge in [-0.3, -0.25) is 0 Å². The zero-order valence-corrected chi connectivity index (χ0v) is 14.6. The van der Waals surface area contributed by atoms with Crippen LogP contribution in [0.2, 0.25) is 0 Å². The Balaban J connectivity index is 0.00000200. The molecule has 1 aliphatic carbocycles. The standard InChI is InChI=1S/C14H22N4O.HI/c1-4-15-14(18-12-7-5-6-8-12)16-9-13-17-10(2)11(3)19-13;/h5-6,12H,4,7-9H2,1-3H3,(H2,15,16,18);1H. The van der Waals surface area contributed by atoms with Gasteiger partial charge in [0.25, 0.3) is 0 Å². The number of nitrogens with zero attached hydrogens (tertiary/aromatic N) is 2. The van der Waals surface area contributed by atoms with Crippen LogP contribution in [0.1, 0.15) is 37.1 Å². The lowest BCUT2D eigenvalue weighted by Crippen LogP contribution is -2.42. The maximum atomic E-state index is 5.53. The van der Waals surface area contributed by atoms with Crippen LogP contribution in [0.15, 0.2) is 21.6 Å². The van der Waals surface area contributed by atoms with Crippen LogP contribution in [0.4, 0.5) is 0 Å². The molecule has 0 spiro atoms. The van der Waals surface area contributed by atoms with Crippen LogP contribution in [-0.2, 0) is 6.54 Å². The second-order valence-electron chi connectivity index (χ2n) is 4.73. The summed E-state index contributed by atoms with van der Waals surface area (Å²) in [5.74, 6) is 2.35. The lowest BCUT2D eigenvalue weighted by molar-refractivity contribution is 0.472. The Morgan fingerprint density at radius 3 is 2.65 bits per heavy atom. The summed E-state index contributed by atoms with van der Waals surface area (Å²) in [5.41, 5.74) is 0.933. The number of hydrogen-bond donors (Lipinski definition) is 2. The molecule has 20 heavy (non-hydrogen) atoms. The van der Waals surface area contributed by atoms with E-state index in [4.69, 9.17) is 4.42 Å². The Labute approximate surface area is 137 Å². The van der Waals surface area contributed by atoms with Crippen molar-refractivity contribution in [3.63, 3.8) is 0 Å². The molecule has 0 amide bonds. The summed E-state index contributed by atoms with van der Waals surface area (Å²) < 4.78 is 5.53. The first-order valence-electron chi connectivity index (χ1n) is 6.81. The van der Waals surface area contributed by atoms with Gasteiger partial charge in [-0.2, -0.15) is 0 Å². The van der Waals surface area contributed by atoms with E-state index in [1.165, 1.54) is 0 Å². The molecule has 112 valence electrons. The first-order valence-corrected chi connectivity index (χ1v) is 6.81. The Bertz CT molecular complexity index is 454. The van der Waals surface area contributed by atoms with Crippen LogP contribution in [0.5, 0.6) is 0 Å². The molecule has 0 unspecified atom stereocenters. The lowest BCUT2D eigenvalue weighted by atomic mass is 10.2. The van der Waals surface area contributed by atoms with Gasteiger partial charge in [0.05, 0.1) is 5.69 Å². The number of aliphatic imine (C=N–C) groups is 1. The van der Waals surface area contributed by atoms with Crippen molar-refractivity contribution in [3.05, 3.63) is 29.5 Å². The van der Waals surface area contributed by atoms with E-state index in [0.29, 0.717) is 18.5 Å². The summed E-state index contributed by atoms with van der Waals surface area (Å²) in [5, 5.41) is 6.66. The summed E-state index contributed by atoms with van der Waals surface area (Å²) >= 11 is 0. The summed E-state index contributed by atoms with van der Waals surface area (Å²) in [4.78, 5) is 8.84. The first-order chi connectivity index (χ1) is 9.19. The molecule has 0 saturated carbocycles. The van der Waals surface area contributed by atoms with Crippen molar-refractivity contribution < 1.29 is 4.42 Å². The number of hydrogen-bond acceptors (Lipinski definition) is 3. The van der Waals surface area contributed by atoms with Gasteiger partial charge in [-0.1, -0.05) is 12.2 Å². The minimum absolute atomic E-state index is 0. The molecule has 2 rings (SSSR count). The van der Waals surface area contributed by atoms with Crippen LogP contribution < -0.4 is 10.6 Å². The van der Waals surface area contributed by atoms with E-state index in [-0.39, 0.29) is 24.0 Å². The molecular weight excluding hydrogens is 367 g/mol. The minimum Gasteiger partial charge on any atom is -0.444 e. The van der Waals surface area contributed by atoms with Crippen LogP contribution in [0.25, 0.3) is 0 Å². The molecule has 0 aromatic carbocycles. The third-order valence-corrected chi connectivity index (χ3v) is 3.14. The fraction of sp³-hybridized carbons (Fsp3) is 0.571. The maximum absolute atomic E-state index is 5.53. The van der Waals surface area contributed by atoms with E-state index in [9.17, 15) is 0 Å². The van der Waals surface area contributed by atoms with Gasteiger partial charge in [0.1, 0.15) is 12.3 Å².